The fourth-order valence-corrected chi connectivity index (χ4v) is 3.43. The van der Waals surface area contributed by atoms with Gasteiger partial charge in [0.2, 0.25) is 0 Å². The average molecular weight is 284 g/mol. The van der Waals surface area contributed by atoms with Crippen LogP contribution in [0.15, 0.2) is 24.7 Å². The lowest BCUT2D eigenvalue weighted by molar-refractivity contribution is 0.509. The van der Waals surface area contributed by atoms with Crippen molar-refractivity contribution in [2.24, 2.45) is 0 Å². The van der Waals surface area contributed by atoms with Crippen LogP contribution in [-0.2, 0) is 11.8 Å². The van der Waals surface area contributed by atoms with Gasteiger partial charge in [-0.3, -0.25) is 9.97 Å². The summed E-state index contributed by atoms with van der Waals surface area (Å²) < 4.78 is 14.1. The SMILES string of the molecule is CC(C)c1c(-c2ccncc2F)cnc2c1CCC2(C)C. The highest BCUT2D eigenvalue weighted by Crippen LogP contribution is 2.43. The highest BCUT2D eigenvalue weighted by atomic mass is 19.1. The van der Waals surface area contributed by atoms with E-state index in [0.717, 1.165) is 18.4 Å². The van der Waals surface area contributed by atoms with Gasteiger partial charge in [-0.25, -0.2) is 4.39 Å². The van der Waals surface area contributed by atoms with Gasteiger partial charge in [-0.1, -0.05) is 27.7 Å². The average Bonchev–Trinajstić information content (AvgIpc) is 2.74. The smallest absolute Gasteiger partial charge is 0.149 e. The molecule has 0 saturated carbocycles. The van der Waals surface area contributed by atoms with Gasteiger partial charge < -0.3 is 0 Å². The molecule has 0 aromatic carbocycles. The van der Waals surface area contributed by atoms with Gasteiger partial charge in [-0.15, -0.1) is 0 Å². The zero-order chi connectivity index (χ0) is 15.2. The molecule has 1 aliphatic rings. The number of fused-ring (bicyclic) bond motifs is 1. The molecule has 0 spiro atoms. The fraction of sp³-hybridized carbons (Fsp3) is 0.444. The van der Waals surface area contributed by atoms with Gasteiger partial charge in [0, 0.05) is 34.6 Å². The lowest BCUT2D eigenvalue weighted by Gasteiger charge is -2.21. The molecule has 0 aliphatic heterocycles. The molecule has 3 heteroatoms. The normalized spacial score (nSPS) is 16.3. The van der Waals surface area contributed by atoms with Crippen molar-refractivity contribution in [2.45, 2.75) is 51.9 Å². The molecule has 2 aromatic heterocycles. The minimum absolute atomic E-state index is 0.119. The standard InChI is InChI=1S/C18H21FN2/c1-11(2)16-13-5-7-18(3,4)17(13)21-9-14(16)12-6-8-20-10-15(12)19/h6,8-11H,5,7H2,1-4H3. The Morgan fingerprint density at radius 1 is 1.19 bits per heavy atom. The van der Waals surface area contributed by atoms with Crippen LogP contribution in [0.4, 0.5) is 4.39 Å². The van der Waals surface area contributed by atoms with Gasteiger partial charge in [-0.2, -0.15) is 0 Å². The van der Waals surface area contributed by atoms with E-state index < -0.39 is 0 Å². The summed E-state index contributed by atoms with van der Waals surface area (Å²) in [4.78, 5) is 8.53. The minimum Gasteiger partial charge on any atom is -0.262 e. The van der Waals surface area contributed by atoms with Crippen molar-refractivity contribution in [1.29, 1.82) is 0 Å². The van der Waals surface area contributed by atoms with E-state index in [1.54, 1.807) is 12.3 Å². The molecule has 21 heavy (non-hydrogen) atoms. The molecule has 3 rings (SSSR count). The lowest BCUT2D eigenvalue weighted by Crippen LogP contribution is -2.14. The fourth-order valence-electron chi connectivity index (χ4n) is 3.43. The maximum absolute atomic E-state index is 14.1. The Morgan fingerprint density at radius 2 is 1.95 bits per heavy atom. The first-order valence-electron chi connectivity index (χ1n) is 7.54. The molecule has 2 heterocycles. The van der Waals surface area contributed by atoms with Gasteiger partial charge in [0.05, 0.1) is 6.20 Å². The van der Waals surface area contributed by atoms with E-state index in [2.05, 4.69) is 37.7 Å². The molecule has 1 aliphatic carbocycles. The van der Waals surface area contributed by atoms with E-state index in [-0.39, 0.29) is 11.2 Å². The topological polar surface area (TPSA) is 25.8 Å². The first-order valence-corrected chi connectivity index (χ1v) is 7.54. The quantitative estimate of drug-likeness (QED) is 0.803. The van der Waals surface area contributed by atoms with Crippen molar-refractivity contribution in [1.82, 2.24) is 9.97 Å². The van der Waals surface area contributed by atoms with Gasteiger partial charge in [0.15, 0.2) is 0 Å². The molecule has 0 bridgehead atoms. The van der Waals surface area contributed by atoms with E-state index >= 15 is 0 Å². The summed E-state index contributed by atoms with van der Waals surface area (Å²) in [5.74, 6) is 0.0663. The molecule has 2 aromatic rings. The van der Waals surface area contributed by atoms with Crippen LogP contribution < -0.4 is 0 Å². The summed E-state index contributed by atoms with van der Waals surface area (Å²) >= 11 is 0. The van der Waals surface area contributed by atoms with Crippen molar-refractivity contribution in [3.05, 3.63) is 47.3 Å². The first-order chi connectivity index (χ1) is 9.92. The Labute approximate surface area is 125 Å². The molecule has 0 radical (unpaired) electrons. The van der Waals surface area contributed by atoms with Gasteiger partial charge in [-0.05, 0) is 36.0 Å². The third-order valence-electron chi connectivity index (χ3n) is 4.50. The van der Waals surface area contributed by atoms with Crippen LogP contribution >= 0.6 is 0 Å². The van der Waals surface area contributed by atoms with E-state index in [1.807, 2.05) is 6.20 Å². The molecule has 2 nitrogen and oxygen atoms in total. The zero-order valence-electron chi connectivity index (χ0n) is 13.1. The second-order valence-electron chi connectivity index (χ2n) is 6.81. The number of aromatic nitrogens is 2. The highest BCUT2D eigenvalue weighted by Gasteiger charge is 2.34. The monoisotopic (exact) mass is 284 g/mol. The Hall–Kier alpha value is -1.77. The zero-order valence-corrected chi connectivity index (χ0v) is 13.1. The predicted molar refractivity (Wildman–Crippen MR) is 82.9 cm³/mol. The Bertz CT molecular complexity index is 690. The number of halogens is 1. The van der Waals surface area contributed by atoms with Crippen LogP contribution in [0, 0.1) is 5.82 Å². The molecule has 110 valence electrons. The van der Waals surface area contributed by atoms with Crippen LogP contribution in [0.2, 0.25) is 0 Å². The summed E-state index contributed by atoms with van der Waals surface area (Å²) in [6.07, 6.45) is 6.90. The number of rotatable bonds is 2. The maximum Gasteiger partial charge on any atom is 0.149 e. The van der Waals surface area contributed by atoms with Gasteiger partial charge in [0.1, 0.15) is 5.82 Å². The van der Waals surface area contributed by atoms with Crippen molar-refractivity contribution < 1.29 is 4.39 Å². The van der Waals surface area contributed by atoms with Crippen LogP contribution in [0.3, 0.4) is 0 Å². The molecular formula is C18H21FN2. The number of nitrogens with zero attached hydrogens (tertiary/aromatic N) is 2. The number of pyridine rings is 2. The number of hydrogen-bond donors (Lipinski definition) is 0. The first kappa shape index (κ1) is 14.2. The largest absolute Gasteiger partial charge is 0.262 e. The van der Waals surface area contributed by atoms with E-state index in [4.69, 9.17) is 0 Å². The summed E-state index contributed by atoms with van der Waals surface area (Å²) in [7, 11) is 0. The molecule has 0 N–H and O–H groups in total. The van der Waals surface area contributed by atoms with E-state index in [1.165, 1.54) is 23.0 Å². The minimum atomic E-state index is -0.279. The molecule has 0 saturated heterocycles. The van der Waals surface area contributed by atoms with E-state index in [0.29, 0.717) is 11.5 Å². The van der Waals surface area contributed by atoms with E-state index in [9.17, 15) is 4.39 Å². The third-order valence-corrected chi connectivity index (χ3v) is 4.50. The maximum atomic E-state index is 14.1. The van der Waals surface area contributed by atoms with Crippen LogP contribution in [-0.4, -0.2) is 9.97 Å². The summed E-state index contributed by atoms with van der Waals surface area (Å²) in [5.41, 5.74) is 5.40. The molecule has 0 amide bonds. The molecule has 0 fully saturated rings. The van der Waals surface area contributed by atoms with Crippen molar-refractivity contribution >= 4 is 0 Å². The van der Waals surface area contributed by atoms with Gasteiger partial charge in [0.25, 0.3) is 0 Å². The lowest BCUT2D eigenvalue weighted by atomic mass is 9.86. The predicted octanol–water partition coefficient (Wildman–Crippen LogP) is 4.63. The number of hydrogen-bond acceptors (Lipinski definition) is 2. The molecule has 0 atom stereocenters. The second kappa shape index (κ2) is 4.90. The summed E-state index contributed by atoms with van der Waals surface area (Å²) in [6.45, 7) is 8.82. The second-order valence-corrected chi connectivity index (χ2v) is 6.81. The Balaban J connectivity index is 2.27. The van der Waals surface area contributed by atoms with Crippen LogP contribution in [0.25, 0.3) is 11.1 Å². The van der Waals surface area contributed by atoms with Crippen molar-refractivity contribution in [3.63, 3.8) is 0 Å². The van der Waals surface area contributed by atoms with Crippen LogP contribution in [0.5, 0.6) is 0 Å². The van der Waals surface area contributed by atoms with Crippen molar-refractivity contribution in [2.75, 3.05) is 0 Å². The highest BCUT2D eigenvalue weighted by molar-refractivity contribution is 5.70. The molecular weight excluding hydrogens is 263 g/mol. The van der Waals surface area contributed by atoms with Crippen molar-refractivity contribution in [3.8, 4) is 11.1 Å². The summed E-state index contributed by atoms with van der Waals surface area (Å²) in [5, 5.41) is 0. The third kappa shape index (κ3) is 2.25. The molecule has 0 unspecified atom stereocenters. The Morgan fingerprint density at radius 3 is 2.62 bits per heavy atom. The Kier molecular flexibility index (Phi) is 3.31. The van der Waals surface area contributed by atoms with Crippen LogP contribution in [0.1, 0.15) is 56.9 Å². The summed E-state index contributed by atoms with van der Waals surface area (Å²) in [6, 6.07) is 1.74. The van der Waals surface area contributed by atoms with Gasteiger partial charge >= 0.3 is 0 Å².